The van der Waals surface area contributed by atoms with Gasteiger partial charge in [0.1, 0.15) is 17.6 Å². The number of benzene rings is 1. The van der Waals surface area contributed by atoms with Crippen LogP contribution in [0.4, 0.5) is 0 Å². The fraction of sp³-hybridized carbons (Fsp3) is 0.316. The highest BCUT2D eigenvalue weighted by Gasteiger charge is 2.13. The van der Waals surface area contributed by atoms with Gasteiger partial charge in [-0.3, -0.25) is 0 Å². The number of hydrogen-bond acceptors (Lipinski definition) is 4. The largest absolute Gasteiger partial charge is 0.508 e. The van der Waals surface area contributed by atoms with E-state index in [0.29, 0.717) is 24.2 Å². The Morgan fingerprint density at radius 2 is 2.08 bits per heavy atom. The number of phenolic OH excluding ortho intramolecular Hbond substituents is 1. The van der Waals surface area contributed by atoms with Crippen LogP contribution in [0.15, 0.2) is 62.9 Å². The summed E-state index contributed by atoms with van der Waals surface area (Å²) in [6.45, 7) is 1.99. The Morgan fingerprint density at radius 3 is 2.75 bits per heavy atom. The van der Waals surface area contributed by atoms with Crippen molar-refractivity contribution >= 4 is 15.9 Å². The first-order valence-electron chi connectivity index (χ1n) is 7.82. The van der Waals surface area contributed by atoms with Gasteiger partial charge in [-0.25, -0.2) is 0 Å². The molecule has 0 fully saturated rings. The van der Waals surface area contributed by atoms with Gasteiger partial charge in [-0.2, -0.15) is 0 Å². The highest BCUT2D eigenvalue weighted by Crippen LogP contribution is 2.29. The van der Waals surface area contributed by atoms with Crippen molar-refractivity contribution in [2.45, 2.75) is 38.4 Å². The van der Waals surface area contributed by atoms with Crippen LogP contribution in [0.5, 0.6) is 5.75 Å². The lowest BCUT2D eigenvalue weighted by molar-refractivity contribution is 0.149. The molecular formula is C19H21BrO4. The van der Waals surface area contributed by atoms with Crippen molar-refractivity contribution in [2.75, 3.05) is 0 Å². The highest BCUT2D eigenvalue weighted by molar-refractivity contribution is 9.10. The van der Waals surface area contributed by atoms with E-state index in [1.165, 1.54) is 6.26 Å². The number of aliphatic hydroxyl groups is 2. The maximum Gasteiger partial charge on any atom is 0.132 e. The molecule has 0 aliphatic carbocycles. The summed E-state index contributed by atoms with van der Waals surface area (Å²) in [5.74, 6) is 0.592. The normalized spacial score (nSPS) is 13.2. The Morgan fingerprint density at radius 1 is 1.29 bits per heavy atom. The zero-order valence-electron chi connectivity index (χ0n) is 13.4. The second-order valence-electron chi connectivity index (χ2n) is 5.50. The van der Waals surface area contributed by atoms with Gasteiger partial charge in [-0.15, -0.1) is 5.73 Å². The Labute approximate surface area is 149 Å². The molecule has 128 valence electrons. The number of aromatic hydroxyl groups is 1. The number of aliphatic hydroxyl groups excluding tert-OH is 2. The molecule has 0 bridgehead atoms. The summed E-state index contributed by atoms with van der Waals surface area (Å²) in [6.07, 6.45) is 3.25. The van der Waals surface area contributed by atoms with Crippen molar-refractivity contribution in [3.8, 4) is 5.75 Å². The number of hydrogen-bond donors (Lipinski definition) is 3. The average Bonchev–Trinajstić information content (AvgIpc) is 3.10. The van der Waals surface area contributed by atoms with Gasteiger partial charge in [-0.05, 0) is 48.4 Å². The first kappa shape index (κ1) is 18.6. The monoisotopic (exact) mass is 392 g/mol. The van der Waals surface area contributed by atoms with Crippen LogP contribution in [0.25, 0.3) is 0 Å². The minimum atomic E-state index is -0.817. The quantitative estimate of drug-likeness (QED) is 0.592. The summed E-state index contributed by atoms with van der Waals surface area (Å²) < 4.78 is 5.99. The van der Waals surface area contributed by atoms with E-state index in [1.807, 2.05) is 6.92 Å². The molecule has 1 heterocycles. The molecule has 2 rings (SSSR count). The van der Waals surface area contributed by atoms with Crippen LogP contribution in [-0.2, 0) is 0 Å². The van der Waals surface area contributed by atoms with Crippen LogP contribution in [0, 0.1) is 0 Å². The first-order valence-corrected chi connectivity index (χ1v) is 8.61. The molecule has 24 heavy (non-hydrogen) atoms. The average molecular weight is 393 g/mol. The molecule has 0 saturated carbocycles. The highest BCUT2D eigenvalue weighted by atomic mass is 79.9. The lowest BCUT2D eigenvalue weighted by Gasteiger charge is -2.11. The van der Waals surface area contributed by atoms with Gasteiger partial charge in [0, 0.05) is 22.9 Å². The predicted molar refractivity (Wildman–Crippen MR) is 95.6 cm³/mol. The molecule has 0 unspecified atom stereocenters. The molecule has 0 saturated heterocycles. The third-order valence-corrected chi connectivity index (χ3v) is 4.23. The number of phenols is 1. The topological polar surface area (TPSA) is 73.8 Å². The number of rotatable bonds is 7. The van der Waals surface area contributed by atoms with Crippen molar-refractivity contribution in [1.82, 2.24) is 0 Å². The summed E-state index contributed by atoms with van der Waals surface area (Å²) in [7, 11) is 0. The van der Waals surface area contributed by atoms with Crippen LogP contribution in [-0.4, -0.2) is 15.3 Å². The Kier molecular flexibility index (Phi) is 6.88. The van der Waals surface area contributed by atoms with Gasteiger partial charge in [0.25, 0.3) is 0 Å². The zero-order chi connectivity index (χ0) is 17.5. The standard InChI is InChI=1S/C19H21BrO4/c1-2-13(11-18(23)19-7-4-10-24-19)5-3-6-16(21)15-12-14(20)8-9-17(15)22/h3-4,7-10,12,16,18,21-23H,2,6,11H2,1H3/t5?,16-,18-/m1/s1. The SMILES string of the molecule is CCC(=C=CC[C@@H](O)c1cc(Br)ccc1O)C[C@@H](O)c1ccco1. The van der Waals surface area contributed by atoms with Crippen molar-refractivity contribution < 1.29 is 19.7 Å². The lowest BCUT2D eigenvalue weighted by atomic mass is 10.0. The molecule has 4 nitrogen and oxygen atoms in total. The fourth-order valence-corrected chi connectivity index (χ4v) is 2.73. The molecule has 2 atom stereocenters. The number of furan rings is 1. The first-order chi connectivity index (χ1) is 11.5. The van der Waals surface area contributed by atoms with E-state index in [4.69, 9.17) is 4.42 Å². The molecule has 1 aromatic heterocycles. The Bertz CT molecular complexity index is 715. The second-order valence-corrected chi connectivity index (χ2v) is 6.41. The van der Waals surface area contributed by atoms with Gasteiger partial charge >= 0.3 is 0 Å². The summed E-state index contributed by atoms with van der Waals surface area (Å²) in [5.41, 5.74) is 4.54. The molecular weight excluding hydrogens is 372 g/mol. The van der Waals surface area contributed by atoms with Crippen LogP contribution in [0.3, 0.4) is 0 Å². The molecule has 0 radical (unpaired) electrons. The summed E-state index contributed by atoms with van der Waals surface area (Å²) in [4.78, 5) is 0. The van der Waals surface area contributed by atoms with Gasteiger partial charge in [-0.1, -0.05) is 22.9 Å². The van der Waals surface area contributed by atoms with Crippen LogP contribution in [0.1, 0.15) is 49.7 Å². The van der Waals surface area contributed by atoms with Crippen molar-refractivity contribution in [2.24, 2.45) is 0 Å². The van der Waals surface area contributed by atoms with Crippen molar-refractivity contribution in [3.05, 3.63) is 69.8 Å². The van der Waals surface area contributed by atoms with E-state index in [9.17, 15) is 15.3 Å². The minimum absolute atomic E-state index is 0.0621. The predicted octanol–water partition coefficient (Wildman–Crippen LogP) is 4.79. The maximum absolute atomic E-state index is 10.2. The number of halogens is 1. The molecule has 0 aliphatic heterocycles. The van der Waals surface area contributed by atoms with Gasteiger partial charge < -0.3 is 19.7 Å². The third kappa shape index (κ3) is 5.11. The molecule has 5 heteroatoms. The molecule has 0 amide bonds. The minimum Gasteiger partial charge on any atom is -0.508 e. The van der Waals surface area contributed by atoms with E-state index in [0.717, 1.165) is 16.5 Å². The van der Waals surface area contributed by atoms with E-state index in [-0.39, 0.29) is 5.75 Å². The third-order valence-electron chi connectivity index (χ3n) is 3.73. The molecule has 0 spiro atoms. The molecule has 1 aromatic carbocycles. The van der Waals surface area contributed by atoms with Crippen LogP contribution in [0.2, 0.25) is 0 Å². The van der Waals surface area contributed by atoms with Gasteiger partial charge in [0.15, 0.2) is 0 Å². The van der Waals surface area contributed by atoms with Crippen LogP contribution >= 0.6 is 15.9 Å². The summed E-state index contributed by atoms with van der Waals surface area (Å²) >= 11 is 3.32. The van der Waals surface area contributed by atoms with E-state index < -0.39 is 12.2 Å². The summed E-state index contributed by atoms with van der Waals surface area (Å²) in [6, 6.07) is 8.43. The molecule has 0 aliphatic rings. The summed E-state index contributed by atoms with van der Waals surface area (Å²) in [5, 5.41) is 30.1. The zero-order valence-corrected chi connectivity index (χ0v) is 15.0. The van der Waals surface area contributed by atoms with Crippen LogP contribution < -0.4 is 0 Å². The van der Waals surface area contributed by atoms with Crippen molar-refractivity contribution in [1.29, 1.82) is 0 Å². The Balaban J connectivity index is 2.03. The smallest absolute Gasteiger partial charge is 0.132 e. The second kappa shape index (κ2) is 8.90. The van der Waals surface area contributed by atoms with Gasteiger partial charge in [0.2, 0.25) is 0 Å². The van der Waals surface area contributed by atoms with E-state index in [1.54, 1.807) is 36.4 Å². The molecule has 3 N–H and O–H groups in total. The van der Waals surface area contributed by atoms with E-state index >= 15 is 0 Å². The van der Waals surface area contributed by atoms with Gasteiger partial charge in [0.05, 0.1) is 12.4 Å². The molecule has 2 aromatic rings. The van der Waals surface area contributed by atoms with E-state index in [2.05, 4.69) is 21.7 Å². The maximum atomic E-state index is 10.2. The fourth-order valence-electron chi connectivity index (χ4n) is 2.35. The lowest BCUT2D eigenvalue weighted by Crippen LogP contribution is -1.97. The van der Waals surface area contributed by atoms with Crippen molar-refractivity contribution in [3.63, 3.8) is 0 Å². The Hall–Kier alpha value is -1.78.